The summed E-state index contributed by atoms with van der Waals surface area (Å²) in [7, 11) is 0. The summed E-state index contributed by atoms with van der Waals surface area (Å²) in [5.41, 5.74) is 0.640. The molecule has 5 fully saturated rings. The molecule has 0 amide bonds. The Morgan fingerprint density at radius 2 is 1.56 bits per heavy atom. The third kappa shape index (κ3) is 2.15. The normalized spacial score (nSPS) is 57.1. The lowest BCUT2D eigenvalue weighted by Crippen LogP contribution is -2.58. The van der Waals surface area contributed by atoms with E-state index >= 15 is 0 Å². The van der Waals surface area contributed by atoms with Gasteiger partial charge in [-0.15, -0.1) is 0 Å². The van der Waals surface area contributed by atoms with E-state index in [1.807, 2.05) is 0 Å². The summed E-state index contributed by atoms with van der Waals surface area (Å²) in [6, 6.07) is 0. The summed E-state index contributed by atoms with van der Waals surface area (Å²) in [6.45, 7) is 8.90. The van der Waals surface area contributed by atoms with E-state index < -0.39 is 0 Å². The number of hydrogen-bond donors (Lipinski definition) is 1. The minimum Gasteiger partial charge on any atom is -0.393 e. The number of aliphatic hydroxyl groups excluding tert-OH is 1. The van der Waals surface area contributed by atoms with Crippen LogP contribution in [-0.2, 0) is 9.47 Å². The molecule has 1 saturated heterocycles. The van der Waals surface area contributed by atoms with E-state index in [4.69, 9.17) is 9.47 Å². The molecule has 142 valence electrons. The van der Waals surface area contributed by atoms with Gasteiger partial charge in [0, 0.05) is 12.3 Å². The van der Waals surface area contributed by atoms with E-state index in [0.717, 1.165) is 49.7 Å². The second-order valence-corrected chi connectivity index (χ2v) is 10.6. The van der Waals surface area contributed by atoms with Crippen molar-refractivity contribution in [3.8, 4) is 0 Å². The number of rotatable bonds is 0. The van der Waals surface area contributed by atoms with Crippen LogP contribution in [0.15, 0.2) is 0 Å². The molecule has 5 rings (SSSR count). The summed E-state index contributed by atoms with van der Waals surface area (Å²) < 4.78 is 12.3. The van der Waals surface area contributed by atoms with Gasteiger partial charge in [-0.05, 0) is 79.4 Å². The lowest BCUT2D eigenvalue weighted by Gasteiger charge is -2.62. The summed E-state index contributed by atoms with van der Waals surface area (Å²) >= 11 is 0. The van der Waals surface area contributed by atoms with Crippen molar-refractivity contribution in [3.63, 3.8) is 0 Å². The molecule has 4 saturated carbocycles. The van der Waals surface area contributed by atoms with Crippen LogP contribution in [0.2, 0.25) is 0 Å². The third-order valence-corrected chi connectivity index (χ3v) is 9.82. The quantitative estimate of drug-likeness (QED) is 0.706. The van der Waals surface area contributed by atoms with Crippen LogP contribution in [0.1, 0.15) is 72.1 Å². The van der Waals surface area contributed by atoms with Crippen molar-refractivity contribution < 1.29 is 14.6 Å². The molecule has 0 bridgehead atoms. The first-order valence-electron chi connectivity index (χ1n) is 10.8. The van der Waals surface area contributed by atoms with Crippen LogP contribution < -0.4 is 0 Å². The van der Waals surface area contributed by atoms with Crippen molar-refractivity contribution in [2.24, 2.45) is 40.4 Å². The molecule has 25 heavy (non-hydrogen) atoms. The Labute approximate surface area is 152 Å². The second kappa shape index (κ2) is 5.45. The van der Waals surface area contributed by atoms with Gasteiger partial charge >= 0.3 is 0 Å². The van der Waals surface area contributed by atoms with Crippen LogP contribution >= 0.6 is 0 Å². The van der Waals surface area contributed by atoms with Gasteiger partial charge in [0.2, 0.25) is 0 Å². The molecule has 1 aliphatic heterocycles. The molecule has 3 heteroatoms. The Morgan fingerprint density at radius 1 is 0.840 bits per heavy atom. The Hall–Kier alpha value is -0.120. The average Bonchev–Trinajstić information content (AvgIpc) is 3.16. The first-order chi connectivity index (χ1) is 11.9. The molecule has 0 aromatic heterocycles. The zero-order valence-electron chi connectivity index (χ0n) is 16.3. The smallest absolute Gasteiger partial charge is 0.171 e. The van der Waals surface area contributed by atoms with Crippen LogP contribution in [0.3, 0.4) is 0 Å². The van der Waals surface area contributed by atoms with Crippen LogP contribution in [0, 0.1) is 40.4 Å². The topological polar surface area (TPSA) is 38.7 Å². The van der Waals surface area contributed by atoms with Crippen molar-refractivity contribution in [2.45, 2.75) is 84.0 Å². The van der Waals surface area contributed by atoms with Gasteiger partial charge in [0.25, 0.3) is 0 Å². The molecule has 3 nitrogen and oxygen atoms in total. The molecular weight excluding hydrogens is 312 g/mol. The van der Waals surface area contributed by atoms with E-state index in [1.54, 1.807) is 0 Å². The Morgan fingerprint density at radius 3 is 2.32 bits per heavy atom. The summed E-state index contributed by atoms with van der Waals surface area (Å²) in [5.74, 6) is 3.41. The highest BCUT2D eigenvalue weighted by molar-refractivity contribution is 5.11. The van der Waals surface area contributed by atoms with E-state index in [0.29, 0.717) is 11.3 Å². The molecule has 1 spiro atoms. The molecule has 0 radical (unpaired) electrons. The summed E-state index contributed by atoms with van der Waals surface area (Å²) in [5, 5.41) is 10.6. The fraction of sp³-hybridized carbons (Fsp3) is 1.00. The van der Waals surface area contributed by atoms with Crippen molar-refractivity contribution in [1.29, 1.82) is 0 Å². The van der Waals surface area contributed by atoms with Gasteiger partial charge < -0.3 is 14.6 Å². The third-order valence-electron chi connectivity index (χ3n) is 9.82. The molecule has 0 aromatic rings. The molecule has 1 heterocycles. The van der Waals surface area contributed by atoms with E-state index in [1.165, 1.54) is 38.5 Å². The zero-order chi connectivity index (χ0) is 17.4. The fourth-order valence-corrected chi connectivity index (χ4v) is 8.39. The van der Waals surface area contributed by atoms with Gasteiger partial charge in [-0.2, -0.15) is 0 Å². The number of aliphatic hydroxyl groups is 1. The predicted molar refractivity (Wildman–Crippen MR) is 96.9 cm³/mol. The molecular formula is C22H36O3. The maximum Gasteiger partial charge on any atom is 0.171 e. The van der Waals surface area contributed by atoms with Crippen LogP contribution in [0.5, 0.6) is 0 Å². The largest absolute Gasteiger partial charge is 0.393 e. The van der Waals surface area contributed by atoms with Gasteiger partial charge in [-0.1, -0.05) is 20.8 Å². The van der Waals surface area contributed by atoms with Crippen molar-refractivity contribution in [3.05, 3.63) is 0 Å². The highest BCUT2D eigenvalue weighted by Crippen LogP contribution is 2.68. The van der Waals surface area contributed by atoms with Crippen molar-refractivity contribution >= 4 is 0 Å². The van der Waals surface area contributed by atoms with Crippen LogP contribution in [0.4, 0.5) is 0 Å². The van der Waals surface area contributed by atoms with Gasteiger partial charge in [-0.3, -0.25) is 0 Å². The SMILES string of the molecule is C[C@@H]1C[C@@]2(C)[C@@H](CC[C@@H]3[C@@H]2CC[C@]2(C)[C@H](O)CC[C@@H]32)CC12OCCO2. The monoisotopic (exact) mass is 348 g/mol. The number of hydrogen-bond acceptors (Lipinski definition) is 3. The average molecular weight is 349 g/mol. The zero-order valence-corrected chi connectivity index (χ0v) is 16.3. The molecule has 5 aliphatic rings. The molecule has 1 N–H and O–H groups in total. The number of ether oxygens (including phenoxy) is 2. The Balaban J connectivity index is 1.43. The number of fused-ring (bicyclic) bond motifs is 5. The summed E-state index contributed by atoms with van der Waals surface area (Å²) in [6.07, 6.45) is 9.85. The standard InChI is InChI=1S/C22H36O3/c1-14-12-21(3)15(13-22(14)24-10-11-25-22)4-5-16-17-6-7-19(23)20(17,2)9-8-18(16)21/h14-19,23H,4-13H2,1-3H3/t14-,15+,16+,17+,18+,19-,20+,21+/m1/s1. The van der Waals surface area contributed by atoms with Gasteiger partial charge in [-0.25, -0.2) is 0 Å². The fourth-order valence-electron chi connectivity index (χ4n) is 8.39. The Bertz CT molecular complexity index is 541. The molecule has 0 unspecified atom stereocenters. The molecule has 8 atom stereocenters. The van der Waals surface area contributed by atoms with E-state index in [-0.39, 0.29) is 17.3 Å². The van der Waals surface area contributed by atoms with Crippen LogP contribution in [0.25, 0.3) is 0 Å². The maximum absolute atomic E-state index is 10.6. The molecule has 0 aromatic carbocycles. The minimum absolute atomic E-state index is 0.0576. The summed E-state index contributed by atoms with van der Waals surface area (Å²) in [4.78, 5) is 0. The highest BCUT2D eigenvalue weighted by Gasteiger charge is 2.63. The van der Waals surface area contributed by atoms with Crippen LogP contribution in [-0.4, -0.2) is 30.2 Å². The van der Waals surface area contributed by atoms with Gasteiger partial charge in [0.05, 0.1) is 19.3 Å². The van der Waals surface area contributed by atoms with E-state index in [9.17, 15) is 5.11 Å². The predicted octanol–water partition coefficient (Wildman–Crippen LogP) is 4.38. The second-order valence-electron chi connectivity index (χ2n) is 10.6. The Kier molecular flexibility index (Phi) is 3.71. The minimum atomic E-state index is -0.274. The maximum atomic E-state index is 10.6. The first kappa shape index (κ1) is 17.0. The van der Waals surface area contributed by atoms with Gasteiger partial charge in [0.15, 0.2) is 5.79 Å². The van der Waals surface area contributed by atoms with E-state index in [2.05, 4.69) is 20.8 Å². The highest BCUT2D eigenvalue weighted by atomic mass is 16.7. The molecule has 4 aliphatic carbocycles. The van der Waals surface area contributed by atoms with Crippen molar-refractivity contribution in [1.82, 2.24) is 0 Å². The lowest BCUT2D eigenvalue weighted by atomic mass is 9.44. The lowest BCUT2D eigenvalue weighted by molar-refractivity contribution is -0.258. The van der Waals surface area contributed by atoms with Crippen molar-refractivity contribution in [2.75, 3.05) is 13.2 Å². The first-order valence-corrected chi connectivity index (χ1v) is 10.8. The van der Waals surface area contributed by atoms with Gasteiger partial charge in [0.1, 0.15) is 0 Å².